The largest absolute Gasteiger partial charge is 0.461 e. The molecule has 52 heavy (non-hydrogen) atoms. The van der Waals surface area contributed by atoms with Gasteiger partial charge in [0.1, 0.15) is 12.4 Å². The molecule has 0 aliphatic carbocycles. The average Bonchev–Trinajstić information content (AvgIpc) is 3.66. The third kappa shape index (κ3) is 6.23. The number of hydrogen-bond acceptors (Lipinski definition) is 9. The second kappa shape index (κ2) is 13.3. The lowest BCUT2D eigenvalue weighted by molar-refractivity contribution is -0.140. The summed E-state index contributed by atoms with van der Waals surface area (Å²) >= 11 is 0. The molecule has 1 aromatic carbocycles. The molecule has 3 aromatic rings. The first kappa shape index (κ1) is 35.6. The number of ether oxygens (including phenoxy) is 2. The van der Waals surface area contributed by atoms with E-state index < -0.39 is 52.2 Å². The number of rotatable bonds is 6. The Hall–Kier alpha value is -4.75. The minimum absolute atomic E-state index is 0.0172. The SMILES string of the molecule is C=C1CN2CCC[C@@]2(COc2nc3c(c(N4CCCn5nc(C(=O)N(C)C)c(F)c5C4)n2)CO[C@H](c2c(F)c(N)cc(C#CC)c2C(F)(F)F)C3)C1. The van der Waals surface area contributed by atoms with Crippen LogP contribution in [0.3, 0.4) is 0 Å². The Bertz CT molecular complexity index is 2020. The van der Waals surface area contributed by atoms with Crippen LogP contribution in [0.4, 0.5) is 33.5 Å². The Morgan fingerprint density at radius 3 is 2.69 bits per heavy atom. The maximum atomic E-state index is 15.8. The van der Waals surface area contributed by atoms with Crippen molar-refractivity contribution in [3.63, 3.8) is 0 Å². The summed E-state index contributed by atoms with van der Waals surface area (Å²) in [7, 11) is 3.02. The molecule has 276 valence electrons. The third-order valence-corrected chi connectivity index (χ3v) is 10.3. The lowest BCUT2D eigenvalue weighted by Gasteiger charge is -2.33. The fraction of sp³-hybridized carbons (Fsp3) is 0.500. The molecule has 0 saturated carbocycles. The van der Waals surface area contributed by atoms with Gasteiger partial charge in [0, 0.05) is 56.8 Å². The lowest BCUT2D eigenvalue weighted by atomic mass is 9.91. The highest BCUT2D eigenvalue weighted by Crippen LogP contribution is 2.45. The van der Waals surface area contributed by atoms with Crippen LogP contribution in [-0.4, -0.2) is 81.3 Å². The van der Waals surface area contributed by atoms with E-state index in [-0.39, 0.29) is 49.1 Å². The molecule has 11 nitrogen and oxygen atoms in total. The molecule has 7 rings (SSSR count). The first-order chi connectivity index (χ1) is 24.7. The molecule has 0 unspecified atom stereocenters. The van der Waals surface area contributed by atoms with E-state index >= 15 is 8.78 Å². The molecule has 2 atom stereocenters. The van der Waals surface area contributed by atoms with Crippen molar-refractivity contribution in [1.82, 2.24) is 29.5 Å². The minimum atomic E-state index is -4.97. The van der Waals surface area contributed by atoms with Crippen LogP contribution in [0, 0.1) is 23.5 Å². The van der Waals surface area contributed by atoms with Gasteiger partial charge in [-0.3, -0.25) is 14.4 Å². The highest BCUT2D eigenvalue weighted by molar-refractivity contribution is 5.92. The molecule has 16 heteroatoms. The number of nitrogen functional groups attached to an aromatic ring is 1. The lowest BCUT2D eigenvalue weighted by Crippen LogP contribution is -2.43. The molecule has 4 aliphatic heterocycles. The van der Waals surface area contributed by atoms with Gasteiger partial charge >= 0.3 is 12.2 Å². The summed E-state index contributed by atoms with van der Waals surface area (Å²) in [5.41, 5.74) is 4.37. The van der Waals surface area contributed by atoms with Gasteiger partial charge in [-0.1, -0.05) is 18.1 Å². The number of aromatic nitrogens is 4. The van der Waals surface area contributed by atoms with Crippen LogP contribution < -0.4 is 15.4 Å². The van der Waals surface area contributed by atoms with Gasteiger partial charge in [-0.2, -0.15) is 28.2 Å². The zero-order valence-corrected chi connectivity index (χ0v) is 29.2. The molecule has 2 aromatic heterocycles. The maximum Gasteiger partial charge on any atom is 0.418 e. The van der Waals surface area contributed by atoms with E-state index in [1.807, 2.05) is 0 Å². The Balaban J connectivity index is 1.30. The number of carbonyl (C=O) groups excluding carboxylic acids is 1. The van der Waals surface area contributed by atoms with Gasteiger partial charge in [0.25, 0.3) is 5.91 Å². The summed E-state index contributed by atoms with van der Waals surface area (Å²) in [6.07, 6.45) is -3.52. The van der Waals surface area contributed by atoms with Crippen molar-refractivity contribution < 1.29 is 36.2 Å². The van der Waals surface area contributed by atoms with Crippen LogP contribution in [0.2, 0.25) is 0 Å². The molecule has 0 radical (unpaired) electrons. The fourth-order valence-electron chi connectivity index (χ4n) is 7.94. The first-order valence-corrected chi connectivity index (χ1v) is 17.1. The second-order valence-electron chi connectivity index (χ2n) is 14.0. The van der Waals surface area contributed by atoms with Gasteiger partial charge in [-0.05, 0) is 45.2 Å². The number of aryl methyl sites for hydroxylation is 1. The van der Waals surface area contributed by atoms with Gasteiger partial charge in [-0.25, -0.2) is 8.78 Å². The number of alkyl halides is 3. The molecule has 2 N–H and O–H groups in total. The Labute approximate surface area is 297 Å². The van der Waals surface area contributed by atoms with E-state index in [0.29, 0.717) is 36.6 Å². The molecular formula is C36H39F5N8O3. The standard InChI is InChI=1S/C36H39F5N8O3/c1-5-8-21-13-23(42)29(37)27(28(21)36(39,40)41)26-14-24-22(18-51-26)32(44-34(43-24)52-19-35-9-6-11-48(35)16-20(2)15-35)47-10-7-12-49-25(17-47)30(38)31(45-49)33(50)46(3)4/h13,26H,2,6-7,9-12,14-19,42H2,1,3-4H3/t26-,35-/m0/s1. The number of nitrogens with two attached hydrogens (primary N) is 1. The van der Waals surface area contributed by atoms with E-state index in [9.17, 15) is 18.0 Å². The molecule has 0 spiro atoms. The van der Waals surface area contributed by atoms with Gasteiger partial charge < -0.3 is 25.0 Å². The van der Waals surface area contributed by atoms with E-state index in [1.165, 1.54) is 30.6 Å². The number of amides is 1. The number of anilines is 2. The Morgan fingerprint density at radius 2 is 1.96 bits per heavy atom. The van der Waals surface area contributed by atoms with Crippen molar-refractivity contribution in [2.75, 3.05) is 51.0 Å². The van der Waals surface area contributed by atoms with Crippen LogP contribution in [-0.2, 0) is 37.0 Å². The second-order valence-corrected chi connectivity index (χ2v) is 14.0. The summed E-state index contributed by atoms with van der Waals surface area (Å²) in [6.45, 7) is 7.90. The molecule has 2 saturated heterocycles. The number of carbonyl (C=O) groups is 1. The van der Waals surface area contributed by atoms with Crippen molar-refractivity contribution in [3.8, 4) is 17.9 Å². The van der Waals surface area contributed by atoms with Gasteiger partial charge in [-0.15, -0.1) is 5.92 Å². The zero-order valence-electron chi connectivity index (χ0n) is 29.2. The number of halogens is 5. The van der Waals surface area contributed by atoms with Crippen LogP contribution >= 0.6 is 0 Å². The van der Waals surface area contributed by atoms with Gasteiger partial charge in [0.05, 0.1) is 47.4 Å². The molecule has 2 fully saturated rings. The van der Waals surface area contributed by atoms with E-state index in [2.05, 4.69) is 33.4 Å². The summed E-state index contributed by atoms with van der Waals surface area (Å²) in [4.78, 5) is 27.6. The van der Waals surface area contributed by atoms with Crippen molar-refractivity contribution in [1.29, 1.82) is 0 Å². The van der Waals surface area contributed by atoms with Crippen LogP contribution in [0.5, 0.6) is 6.01 Å². The summed E-state index contributed by atoms with van der Waals surface area (Å²) < 4.78 is 89.1. The fourth-order valence-corrected chi connectivity index (χ4v) is 7.94. The predicted octanol–water partition coefficient (Wildman–Crippen LogP) is 5.02. The molecule has 6 heterocycles. The van der Waals surface area contributed by atoms with Crippen LogP contribution in [0.15, 0.2) is 18.2 Å². The van der Waals surface area contributed by atoms with Crippen LogP contribution in [0.1, 0.15) is 82.8 Å². The monoisotopic (exact) mass is 726 g/mol. The number of hydrogen-bond donors (Lipinski definition) is 1. The number of fused-ring (bicyclic) bond motifs is 3. The average molecular weight is 727 g/mol. The minimum Gasteiger partial charge on any atom is -0.461 e. The predicted molar refractivity (Wildman–Crippen MR) is 180 cm³/mol. The Kier molecular flexibility index (Phi) is 9.15. The van der Waals surface area contributed by atoms with E-state index in [0.717, 1.165) is 44.0 Å². The van der Waals surface area contributed by atoms with Gasteiger partial charge in [0.15, 0.2) is 17.3 Å². The number of benzene rings is 1. The molecule has 0 bridgehead atoms. The number of nitrogens with zero attached hydrogens (tertiary/aromatic N) is 7. The van der Waals surface area contributed by atoms with E-state index in [4.69, 9.17) is 20.2 Å². The zero-order chi connectivity index (χ0) is 37.1. The molecule has 4 aliphatic rings. The highest BCUT2D eigenvalue weighted by atomic mass is 19.4. The quantitative estimate of drug-likeness (QED) is 0.162. The van der Waals surface area contributed by atoms with Crippen molar-refractivity contribution in [2.45, 2.75) is 76.5 Å². The summed E-state index contributed by atoms with van der Waals surface area (Å²) in [6, 6.07) is 0.863. The molecule has 1 amide bonds. The van der Waals surface area contributed by atoms with Crippen molar-refractivity contribution >= 4 is 17.4 Å². The third-order valence-electron chi connectivity index (χ3n) is 10.3. The van der Waals surface area contributed by atoms with E-state index in [1.54, 1.807) is 4.90 Å². The van der Waals surface area contributed by atoms with Crippen molar-refractivity contribution in [3.05, 3.63) is 69.2 Å². The highest BCUT2D eigenvalue weighted by Gasteiger charge is 2.47. The summed E-state index contributed by atoms with van der Waals surface area (Å²) in [5.74, 6) is 2.64. The maximum absolute atomic E-state index is 15.8. The first-order valence-electron chi connectivity index (χ1n) is 17.1. The molecular weight excluding hydrogens is 687 g/mol. The van der Waals surface area contributed by atoms with Crippen LogP contribution in [0.25, 0.3) is 0 Å². The normalized spacial score (nSPS) is 21.6. The Morgan fingerprint density at radius 1 is 1.17 bits per heavy atom. The topological polar surface area (TPSA) is 115 Å². The smallest absolute Gasteiger partial charge is 0.418 e. The van der Waals surface area contributed by atoms with Crippen molar-refractivity contribution in [2.24, 2.45) is 0 Å². The summed E-state index contributed by atoms with van der Waals surface area (Å²) in [5, 5.41) is 4.26. The van der Waals surface area contributed by atoms with Gasteiger partial charge in [0.2, 0.25) is 0 Å².